The van der Waals surface area contributed by atoms with E-state index in [1.807, 2.05) is 0 Å². The fraction of sp³-hybridized carbons (Fsp3) is 0.364. The molecule has 4 N–H and O–H groups in total. The monoisotopic (exact) mass is 321 g/mol. The normalized spacial score (nSPS) is 16.1. The standard InChI is InChI=1S/C11H12BrNO3.ClH/c12-7-4-3-6(11(15)16)8(10(7)14)9(13)5-1-2-5;/h3-5,9,14H,1-2,13H2,(H,15,16);1H/t9-;/m0./s1. The summed E-state index contributed by atoms with van der Waals surface area (Å²) in [5.41, 5.74) is 6.39. The molecule has 0 aromatic heterocycles. The van der Waals surface area contributed by atoms with Crippen LogP contribution in [0.5, 0.6) is 5.75 Å². The molecule has 1 fully saturated rings. The Morgan fingerprint density at radius 1 is 1.47 bits per heavy atom. The van der Waals surface area contributed by atoms with Gasteiger partial charge in [0, 0.05) is 11.6 Å². The Balaban J connectivity index is 0.00000144. The van der Waals surface area contributed by atoms with Gasteiger partial charge in [-0.3, -0.25) is 0 Å². The van der Waals surface area contributed by atoms with E-state index >= 15 is 0 Å². The number of rotatable bonds is 3. The minimum atomic E-state index is -1.06. The van der Waals surface area contributed by atoms with E-state index in [4.69, 9.17) is 10.8 Å². The van der Waals surface area contributed by atoms with Gasteiger partial charge in [-0.15, -0.1) is 12.4 Å². The quantitative estimate of drug-likeness (QED) is 0.799. The van der Waals surface area contributed by atoms with Crippen molar-refractivity contribution in [2.45, 2.75) is 18.9 Å². The van der Waals surface area contributed by atoms with Crippen LogP contribution >= 0.6 is 28.3 Å². The number of carboxylic acid groups (broad SMARTS) is 1. The summed E-state index contributed by atoms with van der Waals surface area (Å²) in [6.07, 6.45) is 1.98. The van der Waals surface area contributed by atoms with Crippen LogP contribution in [0.25, 0.3) is 0 Å². The van der Waals surface area contributed by atoms with E-state index in [-0.39, 0.29) is 23.7 Å². The fourth-order valence-corrected chi connectivity index (χ4v) is 2.14. The van der Waals surface area contributed by atoms with E-state index in [2.05, 4.69) is 15.9 Å². The summed E-state index contributed by atoms with van der Waals surface area (Å²) in [4.78, 5) is 11.1. The average molecular weight is 323 g/mol. The van der Waals surface area contributed by atoms with Gasteiger partial charge in [-0.05, 0) is 46.8 Å². The van der Waals surface area contributed by atoms with Crippen LogP contribution < -0.4 is 5.73 Å². The highest BCUT2D eigenvalue weighted by atomic mass is 79.9. The Bertz CT molecular complexity index is 449. The first kappa shape index (κ1) is 14.3. The molecule has 94 valence electrons. The fourth-order valence-electron chi connectivity index (χ4n) is 1.80. The highest BCUT2D eigenvalue weighted by Crippen LogP contribution is 2.44. The average Bonchev–Trinajstić information content (AvgIpc) is 3.04. The zero-order chi connectivity index (χ0) is 11.9. The third kappa shape index (κ3) is 2.73. The van der Waals surface area contributed by atoms with Crippen molar-refractivity contribution >= 4 is 34.3 Å². The summed E-state index contributed by atoms with van der Waals surface area (Å²) in [5, 5.41) is 18.9. The second kappa shape index (κ2) is 5.25. The van der Waals surface area contributed by atoms with Crippen molar-refractivity contribution in [3.05, 3.63) is 27.7 Å². The van der Waals surface area contributed by atoms with Crippen molar-refractivity contribution < 1.29 is 15.0 Å². The molecule has 0 bridgehead atoms. The molecule has 6 heteroatoms. The number of nitrogens with two attached hydrogens (primary N) is 1. The van der Waals surface area contributed by atoms with Crippen LogP contribution in [0.15, 0.2) is 16.6 Å². The number of hydrogen-bond acceptors (Lipinski definition) is 3. The minimum absolute atomic E-state index is 0. The van der Waals surface area contributed by atoms with Gasteiger partial charge in [-0.1, -0.05) is 0 Å². The Hall–Kier alpha value is -0.780. The second-order valence-electron chi connectivity index (χ2n) is 4.03. The molecule has 2 rings (SSSR count). The third-order valence-corrected chi connectivity index (χ3v) is 3.50. The summed E-state index contributed by atoms with van der Waals surface area (Å²) in [7, 11) is 0. The summed E-state index contributed by atoms with van der Waals surface area (Å²) < 4.78 is 0.476. The number of carboxylic acids is 1. The van der Waals surface area contributed by atoms with E-state index in [0.717, 1.165) is 12.8 Å². The maximum atomic E-state index is 11.1. The summed E-state index contributed by atoms with van der Waals surface area (Å²) >= 11 is 3.17. The highest BCUT2D eigenvalue weighted by molar-refractivity contribution is 9.10. The van der Waals surface area contributed by atoms with E-state index in [1.54, 1.807) is 0 Å². The van der Waals surface area contributed by atoms with Crippen molar-refractivity contribution in [2.75, 3.05) is 0 Å². The summed E-state index contributed by atoms with van der Waals surface area (Å²) in [6, 6.07) is 2.58. The van der Waals surface area contributed by atoms with Gasteiger partial charge in [-0.25, -0.2) is 4.79 Å². The van der Waals surface area contributed by atoms with Gasteiger partial charge in [-0.2, -0.15) is 0 Å². The molecule has 0 heterocycles. The van der Waals surface area contributed by atoms with Gasteiger partial charge in [0.2, 0.25) is 0 Å². The Labute approximate surface area is 113 Å². The Kier molecular flexibility index (Phi) is 4.41. The molecule has 1 aromatic rings. The van der Waals surface area contributed by atoms with Crippen molar-refractivity contribution in [1.82, 2.24) is 0 Å². The Morgan fingerprint density at radius 3 is 2.53 bits per heavy atom. The molecule has 1 aliphatic rings. The Morgan fingerprint density at radius 2 is 2.06 bits per heavy atom. The molecule has 0 amide bonds. The van der Waals surface area contributed by atoms with Crippen LogP contribution in [-0.2, 0) is 0 Å². The van der Waals surface area contributed by atoms with Crippen molar-refractivity contribution in [3.63, 3.8) is 0 Å². The molecule has 0 spiro atoms. The molecular formula is C11H13BrClNO3. The van der Waals surface area contributed by atoms with Crippen molar-refractivity contribution in [3.8, 4) is 5.75 Å². The van der Waals surface area contributed by atoms with E-state index < -0.39 is 12.0 Å². The van der Waals surface area contributed by atoms with Crippen LogP contribution in [0.2, 0.25) is 0 Å². The summed E-state index contributed by atoms with van der Waals surface area (Å²) in [5.74, 6) is -0.827. The van der Waals surface area contributed by atoms with Gasteiger partial charge >= 0.3 is 5.97 Å². The predicted molar refractivity (Wildman–Crippen MR) is 69.7 cm³/mol. The van der Waals surface area contributed by atoms with Crippen LogP contribution in [0.4, 0.5) is 0 Å². The lowest BCUT2D eigenvalue weighted by molar-refractivity contribution is 0.0694. The largest absolute Gasteiger partial charge is 0.506 e. The number of phenols is 1. The molecule has 1 atom stereocenters. The molecule has 1 saturated carbocycles. The number of hydrogen-bond donors (Lipinski definition) is 3. The first-order valence-electron chi connectivity index (χ1n) is 5.02. The molecular weight excluding hydrogens is 309 g/mol. The number of aromatic hydroxyl groups is 1. The SMILES string of the molecule is Cl.N[C@H](c1c(C(=O)O)ccc(Br)c1O)C1CC1. The van der Waals surface area contributed by atoms with Crippen molar-refractivity contribution in [1.29, 1.82) is 0 Å². The number of phenolic OH excluding ortho intramolecular Hbond substituents is 1. The van der Waals surface area contributed by atoms with Gasteiger partial charge < -0.3 is 15.9 Å². The van der Waals surface area contributed by atoms with Gasteiger partial charge in [0.1, 0.15) is 5.75 Å². The van der Waals surface area contributed by atoms with Gasteiger partial charge in [0.05, 0.1) is 10.0 Å². The van der Waals surface area contributed by atoms with Gasteiger partial charge in [0.25, 0.3) is 0 Å². The van der Waals surface area contributed by atoms with Crippen LogP contribution in [0, 0.1) is 5.92 Å². The maximum Gasteiger partial charge on any atom is 0.336 e. The summed E-state index contributed by atoms with van der Waals surface area (Å²) in [6.45, 7) is 0. The van der Waals surface area contributed by atoms with Crippen LogP contribution in [0.1, 0.15) is 34.8 Å². The zero-order valence-corrected chi connectivity index (χ0v) is 11.3. The molecule has 0 radical (unpaired) electrons. The third-order valence-electron chi connectivity index (χ3n) is 2.86. The minimum Gasteiger partial charge on any atom is -0.506 e. The lowest BCUT2D eigenvalue weighted by Gasteiger charge is -2.16. The van der Waals surface area contributed by atoms with Crippen LogP contribution in [-0.4, -0.2) is 16.2 Å². The smallest absolute Gasteiger partial charge is 0.336 e. The van der Waals surface area contributed by atoms with Gasteiger partial charge in [0.15, 0.2) is 0 Å². The van der Waals surface area contributed by atoms with E-state index in [9.17, 15) is 9.90 Å². The topological polar surface area (TPSA) is 83.6 Å². The zero-order valence-electron chi connectivity index (χ0n) is 8.89. The lowest BCUT2D eigenvalue weighted by atomic mass is 9.96. The maximum absolute atomic E-state index is 11.1. The first-order valence-corrected chi connectivity index (χ1v) is 5.82. The highest BCUT2D eigenvalue weighted by Gasteiger charge is 2.34. The lowest BCUT2D eigenvalue weighted by Crippen LogP contribution is -2.17. The van der Waals surface area contributed by atoms with Crippen molar-refractivity contribution in [2.24, 2.45) is 11.7 Å². The molecule has 17 heavy (non-hydrogen) atoms. The number of benzene rings is 1. The number of carbonyl (C=O) groups is 1. The van der Waals surface area contributed by atoms with Crippen LogP contribution in [0.3, 0.4) is 0 Å². The predicted octanol–water partition coefficient (Wildman–Crippen LogP) is 2.68. The molecule has 0 unspecified atom stereocenters. The molecule has 1 aromatic carbocycles. The second-order valence-corrected chi connectivity index (χ2v) is 4.88. The number of aromatic carboxylic acids is 1. The first-order chi connectivity index (χ1) is 7.52. The molecule has 4 nitrogen and oxygen atoms in total. The van der Waals surface area contributed by atoms with E-state index in [0.29, 0.717) is 16.0 Å². The molecule has 0 aliphatic heterocycles. The molecule has 0 saturated heterocycles. The van der Waals surface area contributed by atoms with E-state index in [1.165, 1.54) is 12.1 Å². The number of halogens is 2. The molecule has 1 aliphatic carbocycles.